The summed E-state index contributed by atoms with van der Waals surface area (Å²) in [7, 11) is 2.21. The van der Waals surface area contributed by atoms with Crippen molar-refractivity contribution >= 4 is 28.2 Å². The third-order valence-electron chi connectivity index (χ3n) is 3.86. The summed E-state index contributed by atoms with van der Waals surface area (Å²) >= 11 is 3.94. The molecule has 0 aromatic carbocycles. The molecular weight excluding hydrogens is 298 g/mol. The smallest absolute Gasteiger partial charge is 0.185 e. The molecule has 0 spiro atoms. The van der Waals surface area contributed by atoms with Crippen molar-refractivity contribution in [3.05, 3.63) is 10.6 Å². The predicted octanol–water partition coefficient (Wildman–Crippen LogP) is 3.88. The average Bonchev–Trinajstić information content (AvgIpc) is 3.07. The van der Waals surface area contributed by atoms with E-state index in [-0.39, 0.29) is 5.41 Å². The van der Waals surface area contributed by atoms with Crippen molar-refractivity contribution in [2.24, 2.45) is 0 Å². The first-order valence-electron chi connectivity index (χ1n) is 7.95. The Morgan fingerprint density at radius 2 is 2.14 bits per heavy atom. The minimum absolute atomic E-state index is 0.114. The van der Waals surface area contributed by atoms with Crippen LogP contribution in [0.1, 0.15) is 51.1 Å². The third kappa shape index (κ3) is 4.36. The molecule has 1 unspecified atom stereocenters. The summed E-state index contributed by atoms with van der Waals surface area (Å²) in [5, 5.41) is 4.73. The van der Waals surface area contributed by atoms with Crippen LogP contribution in [0.25, 0.3) is 0 Å². The average molecular weight is 328 g/mol. The molecule has 3 nitrogen and oxygen atoms in total. The van der Waals surface area contributed by atoms with Crippen LogP contribution in [0.2, 0.25) is 0 Å². The van der Waals surface area contributed by atoms with E-state index >= 15 is 0 Å². The molecule has 2 heterocycles. The Bertz CT molecular complexity index is 445. The molecule has 2 rings (SSSR count). The number of rotatable bonds is 6. The number of hydrogen-bond donors (Lipinski definition) is 1. The van der Waals surface area contributed by atoms with Gasteiger partial charge in [0.1, 0.15) is 0 Å². The van der Waals surface area contributed by atoms with E-state index < -0.39 is 0 Å². The molecule has 1 aliphatic rings. The molecule has 1 saturated heterocycles. The molecule has 5 heteroatoms. The van der Waals surface area contributed by atoms with Crippen LogP contribution in [0, 0.1) is 0 Å². The zero-order chi connectivity index (χ0) is 15.5. The van der Waals surface area contributed by atoms with E-state index in [1.54, 1.807) is 0 Å². The highest BCUT2D eigenvalue weighted by Crippen LogP contribution is 2.35. The van der Waals surface area contributed by atoms with Crippen LogP contribution in [0.5, 0.6) is 0 Å². The van der Waals surface area contributed by atoms with Gasteiger partial charge < -0.3 is 10.2 Å². The van der Waals surface area contributed by atoms with Gasteiger partial charge in [-0.2, -0.15) is 11.8 Å². The Morgan fingerprint density at radius 3 is 2.71 bits per heavy atom. The standard InChI is InChI=1S/C16H29N3S2/c1-6-8-17-10-13-14(16(2,3)4)18-15(21-13)19(5)12-7-9-20-11-12/h12,17H,6-11H2,1-5H3. The predicted molar refractivity (Wildman–Crippen MR) is 96.9 cm³/mol. The van der Waals surface area contributed by atoms with Crippen LogP contribution in [0.4, 0.5) is 5.13 Å². The Morgan fingerprint density at radius 1 is 1.38 bits per heavy atom. The maximum atomic E-state index is 5.00. The fourth-order valence-corrected chi connectivity index (χ4v) is 5.10. The molecule has 0 saturated carbocycles. The topological polar surface area (TPSA) is 28.2 Å². The molecule has 1 aromatic rings. The van der Waals surface area contributed by atoms with E-state index in [2.05, 4.69) is 56.7 Å². The van der Waals surface area contributed by atoms with E-state index in [0.717, 1.165) is 13.1 Å². The van der Waals surface area contributed by atoms with E-state index in [1.807, 2.05) is 11.3 Å². The zero-order valence-electron chi connectivity index (χ0n) is 14.0. The van der Waals surface area contributed by atoms with Crippen LogP contribution < -0.4 is 10.2 Å². The Balaban J connectivity index is 2.18. The Labute approximate surface area is 137 Å². The fraction of sp³-hybridized carbons (Fsp3) is 0.812. The van der Waals surface area contributed by atoms with Gasteiger partial charge in [0, 0.05) is 35.7 Å². The first-order chi connectivity index (χ1) is 9.93. The third-order valence-corrected chi connectivity index (χ3v) is 6.15. The lowest BCUT2D eigenvalue weighted by Gasteiger charge is -2.23. The van der Waals surface area contributed by atoms with E-state index in [0.29, 0.717) is 6.04 Å². The SMILES string of the molecule is CCCNCc1sc(N(C)C2CCSC2)nc1C(C)(C)C. The van der Waals surface area contributed by atoms with Gasteiger partial charge in [0.25, 0.3) is 0 Å². The van der Waals surface area contributed by atoms with Gasteiger partial charge >= 0.3 is 0 Å². The van der Waals surface area contributed by atoms with Crippen LogP contribution in [0.15, 0.2) is 0 Å². The van der Waals surface area contributed by atoms with Crippen LogP contribution in [-0.4, -0.2) is 36.1 Å². The van der Waals surface area contributed by atoms with Crippen molar-refractivity contribution in [1.29, 1.82) is 0 Å². The minimum Gasteiger partial charge on any atom is -0.347 e. The second kappa shape index (κ2) is 7.34. The highest BCUT2D eigenvalue weighted by atomic mass is 32.2. The molecular formula is C16H29N3S2. The second-order valence-electron chi connectivity index (χ2n) is 6.82. The molecule has 0 radical (unpaired) electrons. The Hall–Kier alpha value is -0.260. The van der Waals surface area contributed by atoms with Crippen LogP contribution in [-0.2, 0) is 12.0 Å². The number of aromatic nitrogens is 1. The lowest BCUT2D eigenvalue weighted by atomic mass is 9.91. The summed E-state index contributed by atoms with van der Waals surface area (Å²) in [5.41, 5.74) is 1.38. The van der Waals surface area contributed by atoms with Gasteiger partial charge in [0.15, 0.2) is 5.13 Å². The summed E-state index contributed by atoms with van der Waals surface area (Å²) < 4.78 is 0. The van der Waals surface area contributed by atoms with Crippen molar-refractivity contribution in [1.82, 2.24) is 10.3 Å². The van der Waals surface area contributed by atoms with Gasteiger partial charge in [0.2, 0.25) is 0 Å². The number of nitrogens with one attached hydrogen (secondary N) is 1. The number of nitrogens with zero attached hydrogens (tertiary/aromatic N) is 2. The van der Waals surface area contributed by atoms with Crippen molar-refractivity contribution in [2.45, 2.75) is 58.5 Å². The van der Waals surface area contributed by atoms with Crippen molar-refractivity contribution in [3.63, 3.8) is 0 Å². The quantitative estimate of drug-likeness (QED) is 0.803. The first-order valence-corrected chi connectivity index (χ1v) is 9.92. The summed E-state index contributed by atoms with van der Waals surface area (Å²) in [6.45, 7) is 11.0. The van der Waals surface area contributed by atoms with Gasteiger partial charge in [-0.15, -0.1) is 11.3 Å². The molecule has 120 valence electrons. The van der Waals surface area contributed by atoms with Crippen molar-refractivity contribution < 1.29 is 0 Å². The van der Waals surface area contributed by atoms with Gasteiger partial charge in [-0.3, -0.25) is 0 Å². The van der Waals surface area contributed by atoms with E-state index in [1.165, 1.54) is 40.0 Å². The Kier molecular flexibility index (Phi) is 5.97. The molecule has 1 N–H and O–H groups in total. The first kappa shape index (κ1) is 17.1. The largest absolute Gasteiger partial charge is 0.347 e. The molecule has 1 fully saturated rings. The summed E-state index contributed by atoms with van der Waals surface area (Å²) in [4.78, 5) is 8.81. The van der Waals surface area contributed by atoms with Gasteiger partial charge in [-0.05, 0) is 25.1 Å². The van der Waals surface area contributed by atoms with E-state index in [9.17, 15) is 0 Å². The van der Waals surface area contributed by atoms with Gasteiger partial charge in [0.05, 0.1) is 5.69 Å². The molecule has 1 aromatic heterocycles. The summed E-state index contributed by atoms with van der Waals surface area (Å²) in [6, 6.07) is 0.658. The lowest BCUT2D eigenvalue weighted by Crippen LogP contribution is -2.31. The van der Waals surface area contributed by atoms with Crippen molar-refractivity contribution in [3.8, 4) is 0 Å². The van der Waals surface area contributed by atoms with E-state index in [4.69, 9.17) is 4.98 Å². The van der Waals surface area contributed by atoms with Gasteiger partial charge in [-0.1, -0.05) is 27.7 Å². The number of anilines is 1. The molecule has 0 bridgehead atoms. The molecule has 1 atom stereocenters. The zero-order valence-corrected chi connectivity index (χ0v) is 15.7. The number of thioether (sulfide) groups is 1. The highest BCUT2D eigenvalue weighted by molar-refractivity contribution is 7.99. The summed E-state index contributed by atoms with van der Waals surface area (Å²) in [5.74, 6) is 2.53. The van der Waals surface area contributed by atoms with Crippen molar-refractivity contribution in [2.75, 3.05) is 30.0 Å². The molecule has 0 aliphatic carbocycles. The summed E-state index contributed by atoms with van der Waals surface area (Å²) in [6.07, 6.45) is 2.46. The maximum Gasteiger partial charge on any atom is 0.185 e. The van der Waals surface area contributed by atoms with Gasteiger partial charge in [-0.25, -0.2) is 4.98 Å². The maximum absolute atomic E-state index is 5.00. The minimum atomic E-state index is 0.114. The molecule has 1 aliphatic heterocycles. The normalized spacial score (nSPS) is 19.2. The molecule has 21 heavy (non-hydrogen) atoms. The molecule has 0 amide bonds. The van der Waals surface area contributed by atoms with Crippen LogP contribution >= 0.6 is 23.1 Å². The highest BCUT2D eigenvalue weighted by Gasteiger charge is 2.27. The number of thiazole rings is 1. The fourth-order valence-electron chi connectivity index (χ4n) is 2.56. The van der Waals surface area contributed by atoms with Crippen LogP contribution in [0.3, 0.4) is 0 Å². The lowest BCUT2D eigenvalue weighted by molar-refractivity contribution is 0.558. The number of hydrogen-bond acceptors (Lipinski definition) is 5. The monoisotopic (exact) mass is 327 g/mol. The second-order valence-corrected chi connectivity index (χ2v) is 9.04.